The zero-order valence-electron chi connectivity index (χ0n) is 9.65. The van der Waals surface area contributed by atoms with Crippen LogP contribution >= 0.6 is 11.8 Å². The van der Waals surface area contributed by atoms with Gasteiger partial charge in [-0.2, -0.15) is 11.8 Å². The fraction of sp³-hybridized carbons (Fsp3) is 0.500. The Morgan fingerprint density at radius 3 is 2.69 bits per heavy atom. The van der Waals surface area contributed by atoms with Gasteiger partial charge < -0.3 is 0 Å². The SMILES string of the molecule is c1ccc(C2=[S+]CCSCCCCC2)cc1. The quantitative estimate of drug-likeness (QED) is 0.543. The molecule has 1 heterocycles. The Labute approximate surface area is 107 Å². The molecular formula is C14H19S2+. The molecule has 0 bridgehead atoms. The number of thioether (sulfide) groups is 1. The number of benzene rings is 1. The summed E-state index contributed by atoms with van der Waals surface area (Å²) in [5.41, 5.74) is 1.44. The third-order valence-corrected chi connectivity index (χ3v) is 5.32. The molecule has 0 amide bonds. The van der Waals surface area contributed by atoms with Gasteiger partial charge in [0.15, 0.2) is 17.1 Å². The molecule has 2 rings (SSSR count). The summed E-state index contributed by atoms with van der Waals surface area (Å²) in [5.74, 6) is 3.94. The molecule has 0 spiro atoms. The average Bonchev–Trinajstić information content (AvgIpc) is 2.37. The Hall–Kier alpha value is -0.340. The molecule has 0 aromatic heterocycles. The lowest BCUT2D eigenvalue weighted by molar-refractivity contribution is 0.750. The zero-order chi connectivity index (χ0) is 11.1. The molecule has 0 aliphatic carbocycles. The summed E-state index contributed by atoms with van der Waals surface area (Å²) >= 11 is 4.18. The molecule has 1 aliphatic heterocycles. The molecule has 0 saturated heterocycles. The van der Waals surface area contributed by atoms with Gasteiger partial charge in [0.25, 0.3) is 0 Å². The summed E-state index contributed by atoms with van der Waals surface area (Å²) in [7, 11) is 0. The maximum Gasteiger partial charge on any atom is 0.208 e. The number of hydrogen-bond acceptors (Lipinski definition) is 1. The van der Waals surface area contributed by atoms with Gasteiger partial charge in [0.05, 0.1) is 0 Å². The van der Waals surface area contributed by atoms with Crippen LogP contribution in [-0.2, 0) is 11.4 Å². The van der Waals surface area contributed by atoms with Crippen LogP contribution < -0.4 is 0 Å². The van der Waals surface area contributed by atoms with Crippen molar-refractivity contribution in [3.63, 3.8) is 0 Å². The van der Waals surface area contributed by atoms with Crippen LogP contribution in [0.1, 0.15) is 31.2 Å². The van der Waals surface area contributed by atoms with Crippen LogP contribution in [0, 0.1) is 0 Å². The minimum Gasteiger partial charge on any atom is -0.156 e. The normalized spacial score (nSPS) is 18.9. The van der Waals surface area contributed by atoms with Crippen LogP contribution in [0.3, 0.4) is 0 Å². The number of rotatable bonds is 1. The average molecular weight is 251 g/mol. The minimum atomic E-state index is 1.27. The highest BCUT2D eigenvalue weighted by Crippen LogP contribution is 2.13. The Bertz CT molecular complexity index is 330. The third kappa shape index (κ3) is 3.91. The maximum atomic E-state index is 2.25. The molecule has 0 saturated carbocycles. The Balaban J connectivity index is 2.07. The van der Waals surface area contributed by atoms with E-state index >= 15 is 0 Å². The van der Waals surface area contributed by atoms with Crippen molar-refractivity contribution in [1.82, 2.24) is 0 Å². The Kier molecular flexibility index (Phi) is 5.36. The second-order valence-electron chi connectivity index (χ2n) is 4.06. The van der Waals surface area contributed by atoms with Crippen molar-refractivity contribution in [2.75, 3.05) is 17.3 Å². The fourth-order valence-electron chi connectivity index (χ4n) is 1.92. The summed E-state index contributed by atoms with van der Waals surface area (Å²) < 4.78 is 0. The van der Waals surface area contributed by atoms with Gasteiger partial charge in [0.2, 0.25) is 4.86 Å². The van der Waals surface area contributed by atoms with Gasteiger partial charge in [0.1, 0.15) is 0 Å². The smallest absolute Gasteiger partial charge is 0.156 e. The van der Waals surface area contributed by atoms with Gasteiger partial charge in [-0.1, -0.05) is 24.6 Å². The van der Waals surface area contributed by atoms with E-state index in [0.29, 0.717) is 0 Å². The summed E-state index contributed by atoms with van der Waals surface area (Å²) in [6.07, 6.45) is 5.43. The van der Waals surface area contributed by atoms with E-state index in [0.717, 1.165) is 0 Å². The van der Waals surface area contributed by atoms with Crippen molar-refractivity contribution in [3.05, 3.63) is 35.9 Å². The largest absolute Gasteiger partial charge is 0.208 e. The molecule has 0 N–H and O–H groups in total. The minimum absolute atomic E-state index is 1.27. The van der Waals surface area contributed by atoms with Crippen molar-refractivity contribution in [1.29, 1.82) is 0 Å². The van der Waals surface area contributed by atoms with E-state index in [1.165, 1.54) is 48.5 Å². The first-order chi connectivity index (χ1) is 7.97. The van der Waals surface area contributed by atoms with Crippen molar-refractivity contribution >= 4 is 28.0 Å². The monoisotopic (exact) mass is 251 g/mol. The molecule has 0 unspecified atom stereocenters. The highest BCUT2D eigenvalue weighted by molar-refractivity contribution is 7.99. The summed E-state index contributed by atoms with van der Waals surface area (Å²) in [5, 5.41) is 0. The van der Waals surface area contributed by atoms with Crippen LogP contribution in [0.15, 0.2) is 30.3 Å². The van der Waals surface area contributed by atoms with Crippen molar-refractivity contribution < 1.29 is 0 Å². The van der Waals surface area contributed by atoms with Gasteiger partial charge in [0, 0.05) is 17.7 Å². The standard InChI is InChI=1S/C14H19S2/c1-3-7-13(8-4-1)14-9-5-2-6-10-15-11-12-16-14/h1,3-4,7-8H,2,5-6,9-12H2/q+1. The second-order valence-corrected chi connectivity index (χ2v) is 6.48. The van der Waals surface area contributed by atoms with E-state index in [-0.39, 0.29) is 0 Å². The predicted octanol–water partition coefficient (Wildman–Crippen LogP) is 3.60. The fourth-order valence-corrected chi connectivity index (χ4v) is 4.17. The van der Waals surface area contributed by atoms with E-state index in [1.807, 2.05) is 0 Å². The Morgan fingerprint density at radius 1 is 0.938 bits per heavy atom. The highest BCUT2D eigenvalue weighted by Gasteiger charge is 2.13. The van der Waals surface area contributed by atoms with Crippen molar-refractivity contribution in [2.45, 2.75) is 25.7 Å². The van der Waals surface area contributed by atoms with Gasteiger partial charge >= 0.3 is 0 Å². The zero-order valence-corrected chi connectivity index (χ0v) is 11.3. The second kappa shape index (κ2) is 7.08. The van der Waals surface area contributed by atoms with Crippen LogP contribution in [0.5, 0.6) is 0 Å². The summed E-state index contributed by atoms with van der Waals surface area (Å²) in [6, 6.07) is 10.9. The van der Waals surface area contributed by atoms with Crippen LogP contribution in [0.25, 0.3) is 0 Å². The van der Waals surface area contributed by atoms with E-state index in [2.05, 4.69) is 53.4 Å². The molecule has 0 fully saturated rings. The summed E-state index contributed by atoms with van der Waals surface area (Å²) in [4.78, 5) is 1.60. The molecule has 1 aromatic carbocycles. The van der Waals surface area contributed by atoms with Gasteiger partial charge in [-0.05, 0) is 30.7 Å². The molecule has 16 heavy (non-hydrogen) atoms. The lowest BCUT2D eigenvalue weighted by Gasteiger charge is -2.02. The van der Waals surface area contributed by atoms with E-state index in [9.17, 15) is 0 Å². The molecule has 0 nitrogen and oxygen atoms in total. The van der Waals surface area contributed by atoms with E-state index < -0.39 is 0 Å². The van der Waals surface area contributed by atoms with Crippen LogP contribution in [0.2, 0.25) is 0 Å². The first-order valence-electron chi connectivity index (χ1n) is 6.08. The molecule has 1 aromatic rings. The predicted molar refractivity (Wildman–Crippen MR) is 78.6 cm³/mol. The van der Waals surface area contributed by atoms with Crippen molar-refractivity contribution in [2.24, 2.45) is 0 Å². The summed E-state index contributed by atoms with van der Waals surface area (Å²) in [6.45, 7) is 0. The molecule has 2 heteroatoms. The molecule has 86 valence electrons. The maximum absolute atomic E-state index is 2.25. The van der Waals surface area contributed by atoms with E-state index in [4.69, 9.17) is 0 Å². The van der Waals surface area contributed by atoms with Gasteiger partial charge in [-0.15, -0.1) is 0 Å². The molecular weight excluding hydrogens is 232 g/mol. The topological polar surface area (TPSA) is 0 Å². The first-order valence-corrected chi connectivity index (χ1v) is 8.22. The first kappa shape index (κ1) is 12.1. The van der Waals surface area contributed by atoms with Crippen LogP contribution in [0.4, 0.5) is 0 Å². The van der Waals surface area contributed by atoms with Crippen molar-refractivity contribution in [3.8, 4) is 0 Å². The highest BCUT2D eigenvalue weighted by atomic mass is 32.2. The van der Waals surface area contributed by atoms with Gasteiger partial charge in [-0.25, -0.2) is 0 Å². The Morgan fingerprint density at radius 2 is 1.81 bits per heavy atom. The van der Waals surface area contributed by atoms with Crippen LogP contribution in [-0.4, -0.2) is 22.1 Å². The van der Waals surface area contributed by atoms with Gasteiger partial charge in [-0.3, -0.25) is 0 Å². The molecule has 0 radical (unpaired) electrons. The lowest BCUT2D eigenvalue weighted by atomic mass is 10.1. The third-order valence-electron chi connectivity index (χ3n) is 2.79. The number of hydrogen-bond donors (Lipinski definition) is 0. The molecule has 0 atom stereocenters. The lowest BCUT2D eigenvalue weighted by Crippen LogP contribution is -2.06. The van der Waals surface area contributed by atoms with E-state index in [1.54, 1.807) is 4.86 Å². The molecule has 1 aliphatic rings.